The highest BCUT2D eigenvalue weighted by Crippen LogP contribution is 2.32. The van der Waals surface area contributed by atoms with Gasteiger partial charge in [-0.3, -0.25) is 14.7 Å². The van der Waals surface area contributed by atoms with Crippen LogP contribution in [0.1, 0.15) is 17.7 Å². The lowest BCUT2D eigenvalue weighted by atomic mass is 10.1. The van der Waals surface area contributed by atoms with Gasteiger partial charge in [-0.15, -0.1) is 0 Å². The average Bonchev–Trinajstić information content (AvgIpc) is 3.20. The smallest absolute Gasteiger partial charge is 0.231 e. The summed E-state index contributed by atoms with van der Waals surface area (Å²) >= 11 is 0. The maximum Gasteiger partial charge on any atom is 0.231 e. The Hall–Kier alpha value is -2.64. The molecule has 0 unspecified atom stereocenters. The highest BCUT2D eigenvalue weighted by Gasteiger charge is 2.19. The fourth-order valence-electron chi connectivity index (χ4n) is 3.51. The number of fused-ring (bicyclic) bond motifs is 1. The zero-order chi connectivity index (χ0) is 19.2. The van der Waals surface area contributed by atoms with Crippen LogP contribution in [0.3, 0.4) is 0 Å². The van der Waals surface area contributed by atoms with Crippen molar-refractivity contribution in [2.75, 3.05) is 39.5 Å². The molecule has 7 nitrogen and oxygen atoms in total. The van der Waals surface area contributed by atoms with E-state index in [0.717, 1.165) is 56.5 Å². The van der Waals surface area contributed by atoms with Crippen LogP contribution in [0.25, 0.3) is 0 Å². The molecule has 1 N–H and O–H groups in total. The quantitative estimate of drug-likeness (QED) is 0.785. The van der Waals surface area contributed by atoms with Crippen LogP contribution in [-0.2, 0) is 17.9 Å². The van der Waals surface area contributed by atoms with Gasteiger partial charge >= 0.3 is 0 Å². The van der Waals surface area contributed by atoms with Crippen molar-refractivity contribution in [3.05, 3.63) is 53.9 Å². The van der Waals surface area contributed by atoms with Gasteiger partial charge in [-0.1, -0.05) is 12.1 Å². The van der Waals surface area contributed by atoms with Crippen LogP contribution in [0.15, 0.2) is 42.6 Å². The zero-order valence-corrected chi connectivity index (χ0v) is 16.0. The third-order valence-electron chi connectivity index (χ3n) is 5.16. The first-order chi connectivity index (χ1) is 13.8. The number of benzene rings is 1. The average molecular weight is 382 g/mol. The lowest BCUT2D eigenvalue weighted by molar-refractivity contribution is -0.121. The summed E-state index contributed by atoms with van der Waals surface area (Å²) in [7, 11) is 0. The van der Waals surface area contributed by atoms with Gasteiger partial charge in [0.1, 0.15) is 0 Å². The van der Waals surface area contributed by atoms with Crippen molar-refractivity contribution in [2.24, 2.45) is 0 Å². The Bertz CT molecular complexity index is 791. The minimum atomic E-state index is 0.0773. The van der Waals surface area contributed by atoms with E-state index in [1.54, 1.807) is 6.20 Å². The molecule has 1 aromatic carbocycles. The lowest BCUT2D eigenvalue weighted by Crippen LogP contribution is -2.46. The van der Waals surface area contributed by atoms with Gasteiger partial charge in [0.05, 0.1) is 12.2 Å². The summed E-state index contributed by atoms with van der Waals surface area (Å²) in [6.45, 7) is 6.49. The normalized spacial score (nSPS) is 16.9. The summed E-state index contributed by atoms with van der Waals surface area (Å²) in [5.74, 6) is 1.75. The molecule has 0 saturated carbocycles. The van der Waals surface area contributed by atoms with Crippen molar-refractivity contribution in [3.63, 3.8) is 0 Å². The molecule has 28 heavy (non-hydrogen) atoms. The molecule has 4 rings (SSSR count). The van der Waals surface area contributed by atoms with Gasteiger partial charge in [0, 0.05) is 51.9 Å². The van der Waals surface area contributed by atoms with E-state index in [4.69, 9.17) is 9.47 Å². The number of carbonyl (C=O) groups excluding carboxylic acids is 1. The Morgan fingerprint density at radius 1 is 1.04 bits per heavy atom. The molecule has 1 aromatic heterocycles. The third-order valence-corrected chi connectivity index (χ3v) is 5.16. The van der Waals surface area contributed by atoms with Crippen LogP contribution in [-0.4, -0.2) is 60.2 Å². The van der Waals surface area contributed by atoms with Gasteiger partial charge < -0.3 is 19.7 Å². The maximum atomic E-state index is 12.1. The molecule has 3 heterocycles. The number of hydrogen-bond donors (Lipinski definition) is 1. The molecule has 2 aromatic rings. The number of carbonyl (C=O) groups is 1. The monoisotopic (exact) mass is 382 g/mol. The number of amides is 1. The zero-order valence-electron chi connectivity index (χ0n) is 16.0. The molecular weight excluding hydrogens is 356 g/mol. The Balaban J connectivity index is 1.15. The fourth-order valence-corrected chi connectivity index (χ4v) is 3.51. The van der Waals surface area contributed by atoms with Crippen molar-refractivity contribution in [1.82, 2.24) is 20.1 Å². The van der Waals surface area contributed by atoms with E-state index in [9.17, 15) is 4.79 Å². The van der Waals surface area contributed by atoms with E-state index in [0.29, 0.717) is 19.8 Å². The highest BCUT2D eigenvalue weighted by molar-refractivity contribution is 5.76. The standard InChI is InChI=1S/C21H26N4O3/c26-21(23-14-18-3-1-2-7-22-18)6-8-24-9-11-25(12-10-24)15-17-4-5-19-20(13-17)28-16-27-19/h1-5,7,13H,6,8-12,14-16H2,(H,23,26). The number of rotatable bonds is 7. The summed E-state index contributed by atoms with van der Waals surface area (Å²) in [6, 6.07) is 11.9. The van der Waals surface area contributed by atoms with Crippen molar-refractivity contribution in [2.45, 2.75) is 19.5 Å². The SMILES string of the molecule is O=C(CCN1CCN(Cc2ccc3c(c2)OCO3)CC1)NCc1ccccn1. The maximum absolute atomic E-state index is 12.1. The Morgan fingerprint density at radius 3 is 2.68 bits per heavy atom. The topological polar surface area (TPSA) is 66.9 Å². The predicted molar refractivity (Wildman–Crippen MR) is 105 cm³/mol. The van der Waals surface area contributed by atoms with Crippen molar-refractivity contribution in [3.8, 4) is 11.5 Å². The lowest BCUT2D eigenvalue weighted by Gasteiger charge is -2.34. The minimum Gasteiger partial charge on any atom is -0.454 e. The molecular formula is C21H26N4O3. The van der Waals surface area contributed by atoms with E-state index < -0.39 is 0 Å². The largest absolute Gasteiger partial charge is 0.454 e. The van der Waals surface area contributed by atoms with Gasteiger partial charge in [-0.05, 0) is 29.8 Å². The van der Waals surface area contributed by atoms with E-state index in [-0.39, 0.29) is 5.91 Å². The molecule has 2 aliphatic heterocycles. The third kappa shape index (κ3) is 4.99. The number of aromatic nitrogens is 1. The van der Waals surface area contributed by atoms with E-state index >= 15 is 0 Å². The predicted octanol–water partition coefficient (Wildman–Crippen LogP) is 1.63. The number of nitrogens with zero attached hydrogens (tertiary/aromatic N) is 3. The Morgan fingerprint density at radius 2 is 1.86 bits per heavy atom. The van der Waals surface area contributed by atoms with Crippen LogP contribution >= 0.6 is 0 Å². The van der Waals surface area contributed by atoms with Gasteiger partial charge in [0.25, 0.3) is 0 Å². The van der Waals surface area contributed by atoms with Crippen LogP contribution in [0.4, 0.5) is 0 Å². The number of piperazine rings is 1. The number of nitrogens with one attached hydrogen (secondary N) is 1. The molecule has 148 valence electrons. The first kappa shape index (κ1) is 18.7. The first-order valence-electron chi connectivity index (χ1n) is 9.76. The molecule has 0 atom stereocenters. The second kappa shape index (κ2) is 9.03. The van der Waals surface area contributed by atoms with Crippen LogP contribution in [0.2, 0.25) is 0 Å². The van der Waals surface area contributed by atoms with E-state index in [1.165, 1.54) is 5.56 Å². The summed E-state index contributed by atoms with van der Waals surface area (Å²) in [6.07, 6.45) is 2.26. The van der Waals surface area contributed by atoms with E-state index in [1.807, 2.05) is 24.3 Å². The highest BCUT2D eigenvalue weighted by atomic mass is 16.7. The van der Waals surface area contributed by atoms with Crippen LogP contribution < -0.4 is 14.8 Å². The molecule has 0 bridgehead atoms. The molecule has 1 fully saturated rings. The first-order valence-corrected chi connectivity index (χ1v) is 9.76. The van der Waals surface area contributed by atoms with Crippen molar-refractivity contribution >= 4 is 5.91 Å². The second-order valence-corrected chi connectivity index (χ2v) is 7.15. The van der Waals surface area contributed by atoms with Gasteiger partial charge in [0.15, 0.2) is 11.5 Å². The van der Waals surface area contributed by atoms with E-state index in [2.05, 4.69) is 32.2 Å². The van der Waals surface area contributed by atoms with Crippen LogP contribution in [0, 0.1) is 0 Å². The Labute approximate surface area is 165 Å². The summed E-state index contributed by atoms with van der Waals surface area (Å²) in [5.41, 5.74) is 2.12. The van der Waals surface area contributed by atoms with Gasteiger partial charge in [-0.25, -0.2) is 0 Å². The summed E-state index contributed by atoms with van der Waals surface area (Å²) in [5, 5.41) is 2.94. The number of pyridine rings is 1. The van der Waals surface area contributed by atoms with Crippen molar-refractivity contribution in [1.29, 1.82) is 0 Å². The Kier molecular flexibility index (Phi) is 6.04. The van der Waals surface area contributed by atoms with Crippen LogP contribution in [0.5, 0.6) is 11.5 Å². The molecule has 1 amide bonds. The van der Waals surface area contributed by atoms with Gasteiger partial charge in [-0.2, -0.15) is 0 Å². The molecule has 2 aliphatic rings. The minimum absolute atomic E-state index is 0.0773. The fraction of sp³-hybridized carbons (Fsp3) is 0.429. The molecule has 0 aliphatic carbocycles. The van der Waals surface area contributed by atoms with Gasteiger partial charge in [0.2, 0.25) is 12.7 Å². The summed E-state index contributed by atoms with van der Waals surface area (Å²) in [4.78, 5) is 21.1. The number of hydrogen-bond acceptors (Lipinski definition) is 6. The van der Waals surface area contributed by atoms with Crippen molar-refractivity contribution < 1.29 is 14.3 Å². The second-order valence-electron chi connectivity index (χ2n) is 7.15. The molecule has 0 spiro atoms. The molecule has 7 heteroatoms. The number of ether oxygens (including phenoxy) is 2. The summed E-state index contributed by atoms with van der Waals surface area (Å²) < 4.78 is 10.8. The molecule has 0 radical (unpaired) electrons. The molecule has 1 saturated heterocycles.